The van der Waals surface area contributed by atoms with E-state index in [0.29, 0.717) is 64.4 Å². The number of allylic oxidation sites excluding steroid dienone is 1. The fourth-order valence-corrected chi connectivity index (χ4v) is 10.2. The minimum absolute atomic E-state index is 0.0149. The molecule has 5 rings (SSSR count). The zero-order chi connectivity index (χ0) is 41.4. The Morgan fingerprint density at radius 1 is 0.966 bits per heavy atom. The third-order valence-corrected chi connectivity index (χ3v) is 13.3. The van der Waals surface area contributed by atoms with E-state index in [9.17, 15) is 19.8 Å². The normalized spacial score (nSPS) is 30.8. The molecule has 0 bridgehead atoms. The van der Waals surface area contributed by atoms with E-state index in [1.54, 1.807) is 4.90 Å². The molecule has 3 saturated heterocycles. The first-order valence-corrected chi connectivity index (χ1v) is 23.5. The van der Waals surface area contributed by atoms with E-state index >= 15 is 0 Å². The number of aliphatic imine (C=N–C) groups is 1. The number of nitrogens with two attached hydrogens (primary N) is 2. The van der Waals surface area contributed by atoms with Crippen LogP contribution in [0, 0.1) is 5.92 Å². The molecule has 58 heavy (non-hydrogen) atoms. The summed E-state index contributed by atoms with van der Waals surface area (Å²) in [6.07, 6.45) is 27.1. The highest BCUT2D eigenvalue weighted by Crippen LogP contribution is 2.54. The molecule has 5 heterocycles. The van der Waals surface area contributed by atoms with Crippen molar-refractivity contribution >= 4 is 17.8 Å². The van der Waals surface area contributed by atoms with Gasteiger partial charge in [0, 0.05) is 32.0 Å². The summed E-state index contributed by atoms with van der Waals surface area (Å²) in [5, 5.41) is 26.3. The van der Waals surface area contributed by atoms with Gasteiger partial charge in [0.1, 0.15) is 5.72 Å². The Labute approximate surface area is 349 Å². The van der Waals surface area contributed by atoms with Crippen LogP contribution in [0.2, 0.25) is 0 Å². The molecule has 5 aliphatic rings. The molecular formula is C45H80N6O7. The van der Waals surface area contributed by atoms with Crippen LogP contribution in [0.5, 0.6) is 0 Å². The van der Waals surface area contributed by atoms with Crippen molar-refractivity contribution in [2.75, 3.05) is 32.8 Å². The molecule has 0 saturated carbocycles. The molecule has 0 radical (unpaired) electrons. The Balaban J connectivity index is 0.964. The van der Waals surface area contributed by atoms with Crippen LogP contribution in [0.25, 0.3) is 0 Å². The van der Waals surface area contributed by atoms with Crippen LogP contribution in [0.3, 0.4) is 0 Å². The van der Waals surface area contributed by atoms with E-state index in [0.717, 1.165) is 89.9 Å². The Bertz CT molecular complexity index is 1340. The summed E-state index contributed by atoms with van der Waals surface area (Å²) < 4.78 is 19.3. The number of hydrogen-bond donors (Lipinski definition) is 5. The lowest BCUT2D eigenvalue weighted by Gasteiger charge is -2.58. The molecule has 0 aliphatic carbocycles. The molecule has 7 N–H and O–H groups in total. The highest BCUT2D eigenvalue weighted by molar-refractivity contribution is 5.87. The maximum absolute atomic E-state index is 14.1. The van der Waals surface area contributed by atoms with Crippen LogP contribution in [0.15, 0.2) is 17.1 Å². The van der Waals surface area contributed by atoms with Crippen molar-refractivity contribution in [3.63, 3.8) is 0 Å². The SMILES string of the molecule is CC[C@H]1C=CCC[C@@]2(C[C@@H]3CC[C@]4(O)[C@H](C(=O)OCCCCCCCCCCCCCCCC(=O)N(CCCN)CC(O)CCN)[C@@]5(CCC[C@@H](C)O5)N=C(N2)N34)O1. The second kappa shape index (κ2) is 23.1. The predicted molar refractivity (Wildman–Crippen MR) is 227 cm³/mol. The molecule has 13 nitrogen and oxygen atoms in total. The lowest BCUT2D eigenvalue weighted by atomic mass is 9.78. The lowest BCUT2D eigenvalue weighted by molar-refractivity contribution is -0.243. The van der Waals surface area contributed by atoms with Gasteiger partial charge in [-0.15, -0.1) is 0 Å². The van der Waals surface area contributed by atoms with Gasteiger partial charge in [0.15, 0.2) is 17.4 Å². The molecule has 332 valence electrons. The molecule has 1 unspecified atom stereocenters. The number of guanidine groups is 1. The number of aliphatic hydroxyl groups is 2. The van der Waals surface area contributed by atoms with Crippen molar-refractivity contribution < 1.29 is 34.0 Å². The van der Waals surface area contributed by atoms with Gasteiger partial charge in [-0.2, -0.15) is 0 Å². The number of nitrogens with zero attached hydrogens (tertiary/aromatic N) is 3. The monoisotopic (exact) mass is 817 g/mol. The molecule has 13 heteroatoms. The molecular weight excluding hydrogens is 737 g/mol. The van der Waals surface area contributed by atoms with Crippen LogP contribution in [0.4, 0.5) is 0 Å². The largest absolute Gasteiger partial charge is 0.465 e. The Morgan fingerprint density at radius 3 is 2.31 bits per heavy atom. The molecule has 0 aromatic heterocycles. The van der Waals surface area contributed by atoms with E-state index in [1.165, 1.54) is 44.9 Å². The first kappa shape index (κ1) is 46.8. The quantitative estimate of drug-likeness (QED) is 0.0405. The number of carbonyl (C=O) groups is 2. The molecule has 0 aromatic carbocycles. The summed E-state index contributed by atoms with van der Waals surface area (Å²) in [6, 6.07) is 0.0149. The van der Waals surface area contributed by atoms with Gasteiger partial charge in [0.05, 0.1) is 24.9 Å². The summed E-state index contributed by atoms with van der Waals surface area (Å²) in [6.45, 7) is 6.41. The number of rotatable bonds is 25. The van der Waals surface area contributed by atoms with Crippen molar-refractivity contribution in [1.82, 2.24) is 15.1 Å². The average Bonchev–Trinajstić information content (AvgIpc) is 3.40. The molecule has 1 amide bonds. The van der Waals surface area contributed by atoms with Crippen molar-refractivity contribution in [3.8, 4) is 0 Å². The number of aliphatic hydroxyl groups excluding tert-OH is 1. The maximum Gasteiger partial charge on any atom is 0.318 e. The Morgan fingerprint density at radius 2 is 1.66 bits per heavy atom. The summed E-state index contributed by atoms with van der Waals surface area (Å²) >= 11 is 0. The fraction of sp³-hybridized carbons (Fsp3) is 0.889. The summed E-state index contributed by atoms with van der Waals surface area (Å²) in [7, 11) is 0. The number of esters is 1. The predicted octanol–water partition coefficient (Wildman–Crippen LogP) is 6.14. The van der Waals surface area contributed by atoms with E-state index in [-0.39, 0.29) is 24.2 Å². The molecule has 2 spiro atoms. The topological polar surface area (TPSA) is 185 Å². The summed E-state index contributed by atoms with van der Waals surface area (Å²) in [4.78, 5) is 35.8. The molecule has 8 atom stereocenters. The van der Waals surface area contributed by atoms with Gasteiger partial charge in [0.2, 0.25) is 11.9 Å². The molecule has 3 fully saturated rings. The van der Waals surface area contributed by atoms with Crippen molar-refractivity contribution in [3.05, 3.63) is 12.2 Å². The first-order chi connectivity index (χ1) is 28.1. The van der Waals surface area contributed by atoms with Crippen LogP contribution in [-0.2, 0) is 23.8 Å². The minimum Gasteiger partial charge on any atom is -0.465 e. The van der Waals surface area contributed by atoms with Crippen molar-refractivity contribution in [2.45, 2.75) is 216 Å². The summed E-state index contributed by atoms with van der Waals surface area (Å²) in [5.41, 5.74) is 8.03. The number of ether oxygens (including phenoxy) is 3. The van der Waals surface area contributed by atoms with Gasteiger partial charge in [-0.1, -0.05) is 89.7 Å². The fourth-order valence-electron chi connectivity index (χ4n) is 10.2. The van der Waals surface area contributed by atoms with Gasteiger partial charge in [-0.05, 0) is 97.1 Å². The number of carbonyl (C=O) groups excluding carboxylic acids is 2. The first-order valence-electron chi connectivity index (χ1n) is 23.5. The van der Waals surface area contributed by atoms with Gasteiger partial charge in [0.25, 0.3) is 0 Å². The van der Waals surface area contributed by atoms with Crippen LogP contribution in [-0.4, -0.2) is 112 Å². The van der Waals surface area contributed by atoms with Gasteiger partial charge in [-0.3, -0.25) is 9.59 Å². The number of amides is 1. The van der Waals surface area contributed by atoms with Crippen LogP contribution in [0.1, 0.15) is 174 Å². The van der Waals surface area contributed by atoms with Crippen molar-refractivity contribution in [1.29, 1.82) is 0 Å². The smallest absolute Gasteiger partial charge is 0.318 e. The maximum atomic E-state index is 14.1. The van der Waals surface area contributed by atoms with E-state index in [4.69, 9.17) is 30.7 Å². The van der Waals surface area contributed by atoms with Gasteiger partial charge in [-0.25, -0.2) is 4.99 Å². The van der Waals surface area contributed by atoms with E-state index in [2.05, 4.69) is 24.4 Å². The second-order valence-corrected chi connectivity index (χ2v) is 18.1. The van der Waals surface area contributed by atoms with E-state index < -0.39 is 35.2 Å². The highest BCUT2D eigenvalue weighted by Gasteiger charge is 2.69. The number of nitrogens with one attached hydrogen (secondary N) is 1. The zero-order valence-corrected chi connectivity index (χ0v) is 36.2. The Hall–Kier alpha value is -2.29. The number of hydrogen-bond acceptors (Lipinski definition) is 12. The minimum atomic E-state index is -1.43. The third kappa shape index (κ3) is 12.4. The number of unbranched alkanes of at least 4 members (excludes halogenated alkanes) is 12. The van der Waals surface area contributed by atoms with Crippen molar-refractivity contribution in [2.24, 2.45) is 22.4 Å². The molecule has 5 aliphatic heterocycles. The zero-order valence-electron chi connectivity index (χ0n) is 36.2. The molecule has 0 aromatic rings. The third-order valence-electron chi connectivity index (χ3n) is 13.3. The average molecular weight is 817 g/mol. The van der Waals surface area contributed by atoms with Crippen LogP contribution < -0.4 is 16.8 Å². The lowest BCUT2D eigenvalue weighted by Crippen LogP contribution is -2.75. The highest BCUT2D eigenvalue weighted by atomic mass is 16.6. The van der Waals surface area contributed by atoms with Crippen LogP contribution >= 0.6 is 0 Å². The Kier molecular flexibility index (Phi) is 18.6. The van der Waals surface area contributed by atoms with E-state index in [1.807, 2.05) is 11.8 Å². The van der Waals surface area contributed by atoms with Gasteiger partial charge < -0.3 is 51.0 Å². The standard InChI is InChI=1S/C45H80N6O7/c1-3-38-22-16-17-26-43(58-38)33-36-24-28-45(55)40(44(27-19-21-35(2)57-44)49-42(48-43)51(36)45)41(54)56-32-18-14-12-10-8-6-4-5-7-9-11-13-15-23-39(53)50(31-20-29-46)34-37(52)25-30-47/h16,22,35-38,40,52,55H,3-15,17-21,23-34,46-47H2,1-2H3,(H,48,49)/t35-,36+,37?,38+,40-,43+,44+,45+/m1/s1. The summed E-state index contributed by atoms with van der Waals surface area (Å²) in [5.74, 6) is -0.591. The van der Waals surface area contributed by atoms with Gasteiger partial charge >= 0.3 is 5.97 Å². The second-order valence-electron chi connectivity index (χ2n) is 18.1.